The quantitative estimate of drug-likeness (QED) is 0.595. The molecule has 1 aliphatic rings. The normalized spacial score (nSPS) is 18.1. The molecule has 105 valence electrons. The van der Waals surface area contributed by atoms with Gasteiger partial charge in [0.2, 0.25) is 0 Å². The molecular weight excluding hydrogens is 405 g/mol. The molecule has 1 aromatic rings. The van der Waals surface area contributed by atoms with Crippen molar-refractivity contribution >= 4 is 21.6 Å². The molecule has 20 heavy (non-hydrogen) atoms. The third kappa shape index (κ3) is 4.94. The summed E-state index contributed by atoms with van der Waals surface area (Å²) in [6.07, 6.45) is 1.50. The maximum atomic E-state index is 12.0. The van der Waals surface area contributed by atoms with E-state index in [1.807, 2.05) is 0 Å². The smallest absolute Gasteiger partial charge is 0.272 e. The number of alkyl halides is 3. The molecule has 0 amide bonds. The van der Waals surface area contributed by atoms with Crippen molar-refractivity contribution in [2.75, 3.05) is 6.61 Å². The van der Waals surface area contributed by atoms with E-state index in [4.69, 9.17) is 4.74 Å². The summed E-state index contributed by atoms with van der Waals surface area (Å²) < 4.78 is 28.9. The number of allylic oxidation sites excluding steroid dienone is 2. The number of ether oxygens (including phenoxy) is 1. The second-order valence-electron chi connectivity index (χ2n) is 4.10. The van der Waals surface area contributed by atoms with E-state index in [0.717, 1.165) is 23.4 Å². The minimum Gasteiger partial charge on any atom is -0.488 e. The molecule has 0 aromatic heterocycles. The van der Waals surface area contributed by atoms with E-state index in [-0.39, 0.29) is 37.5 Å². The molecule has 0 saturated carbocycles. The Balaban J connectivity index is 0.00000200. The van der Waals surface area contributed by atoms with Crippen LogP contribution in [0.4, 0.5) is 8.78 Å². The third-order valence-corrected chi connectivity index (χ3v) is 3.52. The maximum Gasteiger partial charge on any atom is 0.272 e. The second kappa shape index (κ2) is 8.25. The van der Waals surface area contributed by atoms with Crippen LogP contribution in [-0.2, 0) is 32.7 Å². The summed E-state index contributed by atoms with van der Waals surface area (Å²) in [7, 11) is 0. The zero-order valence-electron chi connectivity index (χ0n) is 10.7. The average molecular weight is 418 g/mol. The van der Waals surface area contributed by atoms with Crippen LogP contribution in [-0.4, -0.2) is 17.9 Å². The average Bonchev–Trinajstić information content (AvgIpc) is 2.40. The van der Waals surface area contributed by atoms with Crippen LogP contribution in [0.3, 0.4) is 0 Å². The Bertz CT molecular complexity index is 490. The van der Waals surface area contributed by atoms with Crippen molar-refractivity contribution in [2.24, 2.45) is 0 Å². The molecule has 1 N–H and O–H groups in total. The van der Waals surface area contributed by atoms with Gasteiger partial charge >= 0.3 is 0 Å². The summed E-state index contributed by atoms with van der Waals surface area (Å²) >= 11 is 3.47. The van der Waals surface area contributed by atoms with E-state index in [2.05, 4.69) is 33.9 Å². The predicted molar refractivity (Wildman–Crippen MR) is 74.2 cm³/mol. The van der Waals surface area contributed by atoms with E-state index in [9.17, 15) is 8.78 Å². The molecule has 0 spiro atoms. The van der Waals surface area contributed by atoms with E-state index in [1.54, 1.807) is 24.3 Å². The van der Waals surface area contributed by atoms with Crippen LogP contribution in [0.1, 0.15) is 12.0 Å². The van der Waals surface area contributed by atoms with Gasteiger partial charge in [0.15, 0.2) is 0 Å². The van der Waals surface area contributed by atoms with Gasteiger partial charge in [-0.15, -0.1) is 17.8 Å². The van der Waals surface area contributed by atoms with E-state index < -0.39 is 13.0 Å². The van der Waals surface area contributed by atoms with Gasteiger partial charge in [0.1, 0.15) is 12.4 Å². The van der Waals surface area contributed by atoms with Gasteiger partial charge in [0.25, 0.3) is 6.43 Å². The van der Waals surface area contributed by atoms with Gasteiger partial charge in [0, 0.05) is 43.2 Å². The Morgan fingerprint density at radius 1 is 1.40 bits per heavy atom. The standard InChI is InChI=1S/C14H13BrF2NO.Y/c1-9-12(15)6-7-13(18-9)10-2-4-11(5-3-10)19-8-14(16)17;/h2-5,12,14,18H,1,6,8H2;/q-1;. The van der Waals surface area contributed by atoms with Crippen LogP contribution in [0.25, 0.3) is 5.70 Å². The third-order valence-electron chi connectivity index (χ3n) is 2.64. The van der Waals surface area contributed by atoms with Gasteiger partial charge in [-0.2, -0.15) is 5.56 Å². The van der Waals surface area contributed by atoms with Gasteiger partial charge in [-0.05, 0) is 12.1 Å². The molecule has 0 bridgehead atoms. The number of rotatable bonds is 4. The minimum atomic E-state index is -2.46. The fourth-order valence-corrected chi connectivity index (χ4v) is 1.93. The monoisotopic (exact) mass is 417 g/mol. The van der Waals surface area contributed by atoms with Crippen molar-refractivity contribution in [3.05, 3.63) is 48.2 Å². The van der Waals surface area contributed by atoms with Crippen LogP contribution in [0.5, 0.6) is 5.75 Å². The summed E-state index contributed by atoms with van der Waals surface area (Å²) in [5, 5.41) is 3.16. The zero-order valence-corrected chi connectivity index (χ0v) is 15.1. The Labute approximate surface area is 150 Å². The molecule has 0 fully saturated rings. The van der Waals surface area contributed by atoms with Crippen LogP contribution >= 0.6 is 15.9 Å². The van der Waals surface area contributed by atoms with Crippen LogP contribution in [0.2, 0.25) is 0 Å². The van der Waals surface area contributed by atoms with Crippen molar-refractivity contribution in [3.63, 3.8) is 0 Å². The number of hydrogen-bond acceptors (Lipinski definition) is 2. The zero-order chi connectivity index (χ0) is 13.8. The molecule has 1 atom stereocenters. The topological polar surface area (TPSA) is 21.3 Å². The first-order valence-electron chi connectivity index (χ1n) is 5.78. The molecule has 6 heteroatoms. The number of halogens is 3. The van der Waals surface area contributed by atoms with Gasteiger partial charge in [0.05, 0.1) is 0 Å². The van der Waals surface area contributed by atoms with Crippen molar-refractivity contribution in [1.82, 2.24) is 5.32 Å². The van der Waals surface area contributed by atoms with E-state index >= 15 is 0 Å². The molecule has 1 aromatic carbocycles. The Hall–Kier alpha value is -0.256. The van der Waals surface area contributed by atoms with Crippen molar-refractivity contribution in [1.29, 1.82) is 0 Å². The molecule has 1 heterocycles. The summed E-state index contributed by atoms with van der Waals surface area (Å²) in [5.74, 6) is 0.428. The second-order valence-corrected chi connectivity index (χ2v) is 5.21. The molecule has 1 unspecified atom stereocenters. The van der Waals surface area contributed by atoms with Gasteiger partial charge in [-0.1, -0.05) is 28.9 Å². The molecule has 1 aliphatic heterocycles. The molecule has 2 rings (SSSR count). The maximum absolute atomic E-state index is 12.0. The summed E-state index contributed by atoms with van der Waals surface area (Å²) in [6, 6.07) is 6.93. The van der Waals surface area contributed by atoms with Gasteiger partial charge in [-0.25, -0.2) is 14.9 Å². The van der Waals surface area contributed by atoms with Crippen molar-refractivity contribution in [3.8, 4) is 5.75 Å². The van der Waals surface area contributed by atoms with Crippen LogP contribution in [0, 0.1) is 6.08 Å². The summed E-state index contributed by atoms with van der Waals surface area (Å²) in [6.45, 7) is 3.32. The number of benzene rings is 1. The first-order valence-corrected chi connectivity index (χ1v) is 6.70. The number of hydrogen-bond donors (Lipinski definition) is 1. The van der Waals surface area contributed by atoms with Gasteiger partial charge in [-0.3, -0.25) is 0 Å². The fourth-order valence-electron chi connectivity index (χ4n) is 1.65. The van der Waals surface area contributed by atoms with E-state index in [1.165, 1.54) is 0 Å². The molecule has 1 radical (unpaired) electrons. The molecule has 2 nitrogen and oxygen atoms in total. The minimum absolute atomic E-state index is 0. The molecule has 0 saturated heterocycles. The molecule has 0 aliphatic carbocycles. The van der Waals surface area contributed by atoms with Crippen molar-refractivity contribution < 1.29 is 46.2 Å². The van der Waals surface area contributed by atoms with Gasteiger partial charge < -0.3 is 10.1 Å². The summed E-state index contributed by atoms with van der Waals surface area (Å²) in [4.78, 5) is 0.185. The fraction of sp³-hybridized carbons (Fsp3) is 0.286. The largest absolute Gasteiger partial charge is 0.488 e. The van der Waals surface area contributed by atoms with Crippen LogP contribution < -0.4 is 10.1 Å². The van der Waals surface area contributed by atoms with E-state index in [0.29, 0.717) is 5.75 Å². The SMILES string of the molecule is C=C1NC(c2ccc(OCC(F)F)cc2)=[C-]CC1Br.[Y]. The first-order chi connectivity index (χ1) is 9.06. The Kier molecular flexibility index (Phi) is 7.34. The Morgan fingerprint density at radius 3 is 2.60 bits per heavy atom. The first kappa shape index (κ1) is 17.8. The van der Waals surface area contributed by atoms with Crippen molar-refractivity contribution in [2.45, 2.75) is 17.7 Å². The van der Waals surface area contributed by atoms with Crippen LogP contribution in [0.15, 0.2) is 36.5 Å². The summed E-state index contributed by atoms with van der Waals surface area (Å²) in [5.41, 5.74) is 2.65. The predicted octanol–water partition coefficient (Wildman–Crippen LogP) is 3.74. The number of nitrogens with one attached hydrogen (secondary N) is 1. The Morgan fingerprint density at radius 2 is 2.05 bits per heavy atom. The molecular formula is C14H13BrF2NOY-.